The second-order valence-corrected chi connectivity index (χ2v) is 8.36. The molecule has 0 spiro atoms. The van der Waals surface area contributed by atoms with Crippen LogP contribution in [-0.2, 0) is 20.4 Å². The molecule has 1 aliphatic rings. The lowest BCUT2D eigenvalue weighted by Crippen LogP contribution is -2.23. The first-order chi connectivity index (χ1) is 9.78. The Kier molecular flexibility index (Phi) is 3.32. The van der Waals surface area contributed by atoms with Crippen molar-refractivity contribution in [2.75, 3.05) is 0 Å². The van der Waals surface area contributed by atoms with Crippen molar-refractivity contribution in [3.05, 3.63) is 28.4 Å². The maximum atomic E-state index is 12.4. The van der Waals surface area contributed by atoms with E-state index in [2.05, 4.69) is 26.2 Å². The maximum Gasteiger partial charge on any atom is 0.200 e. The molecule has 0 N–H and O–H groups in total. The van der Waals surface area contributed by atoms with Crippen molar-refractivity contribution in [1.29, 1.82) is 0 Å². The molecule has 0 unspecified atom stereocenters. The highest BCUT2D eigenvalue weighted by Gasteiger charge is 2.36. The predicted octanol–water partition coefficient (Wildman–Crippen LogP) is 3.02. The minimum absolute atomic E-state index is 0.0543. The molecule has 0 saturated carbocycles. The molecule has 0 aliphatic carbocycles. The molecule has 6 nitrogen and oxygen atoms in total. The van der Waals surface area contributed by atoms with Gasteiger partial charge in [0.05, 0.1) is 4.47 Å². The van der Waals surface area contributed by atoms with E-state index in [4.69, 9.17) is 9.36 Å². The van der Waals surface area contributed by atoms with E-state index in [1.165, 1.54) is 0 Å². The Morgan fingerprint density at radius 1 is 1.38 bits per heavy atom. The molecule has 8 heteroatoms. The monoisotopic (exact) mass is 372 g/mol. The molecule has 0 saturated heterocycles. The molecule has 0 radical (unpaired) electrons. The van der Waals surface area contributed by atoms with Crippen LogP contribution in [0.2, 0.25) is 0 Å². The number of halogens is 1. The molecule has 1 aromatic heterocycles. The molecular formula is C13H13BrN2O4S. The summed E-state index contributed by atoms with van der Waals surface area (Å²) in [5.74, 6) is -0.255. The normalized spacial score (nSPS) is 17.8. The van der Waals surface area contributed by atoms with Crippen LogP contribution in [0.4, 0.5) is 0 Å². The summed E-state index contributed by atoms with van der Waals surface area (Å²) in [6.07, 6.45) is 0.259. The van der Waals surface area contributed by atoms with Crippen molar-refractivity contribution in [3.8, 4) is 0 Å². The quantitative estimate of drug-likeness (QED) is 0.808. The van der Waals surface area contributed by atoms with Crippen LogP contribution in [-0.4, -0.2) is 24.2 Å². The molecule has 0 bridgehead atoms. The Morgan fingerprint density at radius 2 is 2.14 bits per heavy atom. The Morgan fingerprint density at radius 3 is 2.81 bits per heavy atom. The largest absolute Gasteiger partial charge is 0.389 e. The van der Waals surface area contributed by atoms with Crippen LogP contribution in [0.1, 0.15) is 26.0 Å². The fraction of sp³-hybridized carbons (Fsp3) is 0.385. The van der Waals surface area contributed by atoms with E-state index < -0.39 is 15.4 Å². The van der Waals surface area contributed by atoms with Crippen LogP contribution in [0.5, 0.6) is 0 Å². The molecule has 1 aromatic carbocycles. The zero-order valence-corrected chi connectivity index (χ0v) is 13.9. The molecule has 1 aliphatic heterocycles. The van der Waals surface area contributed by atoms with Gasteiger partial charge in [-0.2, -0.15) is 0 Å². The van der Waals surface area contributed by atoms with Crippen LogP contribution in [0.25, 0.3) is 11.0 Å². The number of para-hydroxylation sites is 1. The molecule has 2 aromatic rings. The van der Waals surface area contributed by atoms with Crippen LogP contribution in [0.15, 0.2) is 32.4 Å². The van der Waals surface area contributed by atoms with Gasteiger partial charge in [-0.15, -0.1) is 0 Å². The summed E-state index contributed by atoms with van der Waals surface area (Å²) >= 11 is 3.34. The molecule has 112 valence electrons. The maximum absolute atomic E-state index is 12.4. The zero-order chi connectivity index (χ0) is 15.3. The third-order valence-electron chi connectivity index (χ3n) is 3.18. The number of sulfone groups is 1. The first-order valence-electron chi connectivity index (χ1n) is 6.29. The predicted molar refractivity (Wildman–Crippen MR) is 81.5 cm³/mol. The number of hydrogen-bond acceptors (Lipinski definition) is 6. The van der Waals surface area contributed by atoms with E-state index in [9.17, 15) is 8.42 Å². The fourth-order valence-corrected chi connectivity index (χ4v) is 4.01. The Labute approximate surface area is 130 Å². The van der Waals surface area contributed by atoms with Gasteiger partial charge in [-0.1, -0.05) is 16.4 Å². The Hall–Kier alpha value is -1.41. The van der Waals surface area contributed by atoms with Gasteiger partial charge >= 0.3 is 0 Å². The highest BCUT2D eigenvalue weighted by Crippen LogP contribution is 2.29. The fourth-order valence-electron chi connectivity index (χ4n) is 2.12. The van der Waals surface area contributed by atoms with E-state index in [-0.39, 0.29) is 17.2 Å². The zero-order valence-electron chi connectivity index (χ0n) is 11.5. The van der Waals surface area contributed by atoms with Gasteiger partial charge in [0.25, 0.3) is 0 Å². The summed E-state index contributed by atoms with van der Waals surface area (Å²) in [5, 5.41) is 8.30. The third-order valence-corrected chi connectivity index (χ3v) is 5.40. The SMILES string of the molecule is CC1(C)CC(S(=O)(=O)Cc2noc3c(Br)cccc23)=NO1. The second kappa shape index (κ2) is 4.81. The van der Waals surface area contributed by atoms with Gasteiger partial charge < -0.3 is 9.36 Å². The summed E-state index contributed by atoms with van der Waals surface area (Å²) < 4.78 is 30.8. The number of benzene rings is 1. The van der Waals surface area contributed by atoms with Gasteiger partial charge in [0.1, 0.15) is 17.0 Å². The number of rotatable bonds is 2. The molecule has 0 fully saturated rings. The van der Waals surface area contributed by atoms with Crippen molar-refractivity contribution in [3.63, 3.8) is 0 Å². The van der Waals surface area contributed by atoms with Crippen LogP contribution >= 0.6 is 15.9 Å². The lowest BCUT2D eigenvalue weighted by Gasteiger charge is -2.13. The molecule has 3 rings (SSSR count). The van der Waals surface area contributed by atoms with Crippen molar-refractivity contribution in [1.82, 2.24) is 5.16 Å². The topological polar surface area (TPSA) is 81.8 Å². The van der Waals surface area contributed by atoms with Gasteiger partial charge in [-0.05, 0) is 41.9 Å². The summed E-state index contributed by atoms with van der Waals surface area (Å²) in [6.45, 7) is 3.59. The van der Waals surface area contributed by atoms with Crippen molar-refractivity contribution in [2.24, 2.45) is 5.16 Å². The number of oxime groups is 1. The van der Waals surface area contributed by atoms with Gasteiger partial charge in [-0.3, -0.25) is 0 Å². The lowest BCUT2D eigenvalue weighted by molar-refractivity contribution is 0.0123. The number of aromatic nitrogens is 1. The van der Waals surface area contributed by atoms with E-state index >= 15 is 0 Å². The molecule has 21 heavy (non-hydrogen) atoms. The third kappa shape index (κ3) is 2.69. The van der Waals surface area contributed by atoms with E-state index in [0.29, 0.717) is 16.7 Å². The smallest absolute Gasteiger partial charge is 0.200 e. The summed E-state index contributed by atoms with van der Waals surface area (Å²) in [4.78, 5) is 5.12. The standard InChI is InChI=1S/C13H13BrN2O4S/c1-13(2)6-11(16-20-13)21(17,18)7-10-8-4-3-5-9(14)12(8)19-15-10/h3-5H,6-7H2,1-2H3. The Balaban J connectivity index is 1.94. The average molecular weight is 373 g/mol. The first-order valence-corrected chi connectivity index (χ1v) is 8.74. The summed E-state index contributed by atoms with van der Waals surface area (Å²) in [5.41, 5.74) is 0.323. The van der Waals surface area contributed by atoms with Gasteiger partial charge in [0, 0.05) is 11.8 Å². The minimum Gasteiger partial charge on any atom is -0.389 e. The first kappa shape index (κ1) is 14.5. The highest BCUT2D eigenvalue weighted by molar-refractivity contribution is 9.10. The molecule has 2 heterocycles. The van der Waals surface area contributed by atoms with E-state index in [1.54, 1.807) is 26.0 Å². The van der Waals surface area contributed by atoms with Crippen LogP contribution in [0.3, 0.4) is 0 Å². The van der Waals surface area contributed by atoms with E-state index in [1.807, 2.05) is 6.07 Å². The van der Waals surface area contributed by atoms with Gasteiger partial charge in [0.15, 0.2) is 10.6 Å². The van der Waals surface area contributed by atoms with Gasteiger partial charge in [-0.25, -0.2) is 8.42 Å². The van der Waals surface area contributed by atoms with Crippen LogP contribution in [0, 0.1) is 0 Å². The highest BCUT2D eigenvalue weighted by atomic mass is 79.9. The minimum atomic E-state index is -3.57. The number of hydrogen-bond donors (Lipinski definition) is 0. The van der Waals surface area contributed by atoms with Gasteiger partial charge in [0.2, 0.25) is 9.84 Å². The van der Waals surface area contributed by atoms with Crippen molar-refractivity contribution >= 4 is 41.8 Å². The van der Waals surface area contributed by atoms with Crippen molar-refractivity contribution in [2.45, 2.75) is 31.6 Å². The number of nitrogens with zero attached hydrogens (tertiary/aromatic N) is 2. The Bertz CT molecular complexity index is 839. The second-order valence-electron chi connectivity index (χ2n) is 5.52. The summed E-state index contributed by atoms with van der Waals surface area (Å²) in [7, 11) is -3.57. The van der Waals surface area contributed by atoms with Crippen molar-refractivity contribution < 1.29 is 17.8 Å². The molecular weight excluding hydrogens is 360 g/mol. The lowest BCUT2D eigenvalue weighted by atomic mass is 10.1. The molecule has 0 amide bonds. The number of fused-ring (bicyclic) bond motifs is 1. The summed E-state index contributed by atoms with van der Waals surface area (Å²) in [6, 6.07) is 5.39. The molecule has 0 atom stereocenters. The van der Waals surface area contributed by atoms with E-state index in [0.717, 1.165) is 4.47 Å². The van der Waals surface area contributed by atoms with Crippen LogP contribution < -0.4 is 0 Å². The average Bonchev–Trinajstić information content (AvgIpc) is 2.95.